The Bertz CT molecular complexity index is 862. The van der Waals surface area contributed by atoms with E-state index in [1.165, 1.54) is 33.3 Å². The van der Waals surface area contributed by atoms with Gasteiger partial charge in [-0.15, -0.1) is 22.7 Å². The van der Waals surface area contributed by atoms with Gasteiger partial charge in [0.05, 0.1) is 5.69 Å². The van der Waals surface area contributed by atoms with Crippen molar-refractivity contribution in [2.24, 2.45) is 0 Å². The second-order valence-electron chi connectivity index (χ2n) is 4.22. The second-order valence-corrected chi connectivity index (χ2v) is 5.91. The summed E-state index contributed by atoms with van der Waals surface area (Å²) < 4.78 is 1.44. The first-order valence-corrected chi connectivity index (χ1v) is 7.51. The third kappa shape index (κ3) is 2.12. The third-order valence-corrected chi connectivity index (χ3v) is 4.53. The first kappa shape index (κ1) is 12.9. The van der Waals surface area contributed by atoms with E-state index in [4.69, 9.17) is 0 Å². The number of thiazole rings is 2. The van der Waals surface area contributed by atoms with Gasteiger partial charge in [-0.25, -0.2) is 9.97 Å². The molecule has 0 saturated heterocycles. The van der Waals surface area contributed by atoms with Crippen molar-refractivity contribution in [3.8, 4) is 0 Å². The molecular weight excluding hydrogens is 296 g/mol. The summed E-state index contributed by atoms with van der Waals surface area (Å²) in [6.45, 7) is 3.64. The highest BCUT2D eigenvalue weighted by Crippen LogP contribution is 2.15. The molecule has 0 bridgehead atoms. The number of aromatic nitrogens is 3. The van der Waals surface area contributed by atoms with Gasteiger partial charge in [0.25, 0.3) is 11.5 Å². The number of rotatable bonds is 2. The minimum absolute atomic E-state index is 0.0110. The van der Waals surface area contributed by atoms with Crippen molar-refractivity contribution in [2.45, 2.75) is 13.8 Å². The van der Waals surface area contributed by atoms with Crippen LogP contribution >= 0.6 is 22.7 Å². The van der Waals surface area contributed by atoms with E-state index in [-0.39, 0.29) is 11.1 Å². The van der Waals surface area contributed by atoms with Gasteiger partial charge >= 0.3 is 0 Å². The quantitative estimate of drug-likeness (QED) is 0.786. The van der Waals surface area contributed by atoms with Crippen LogP contribution in [0.2, 0.25) is 0 Å². The highest BCUT2D eigenvalue weighted by molar-refractivity contribution is 7.15. The lowest BCUT2D eigenvalue weighted by molar-refractivity contribution is 0.102. The normalized spacial score (nSPS) is 10.9. The van der Waals surface area contributed by atoms with Gasteiger partial charge in [-0.3, -0.25) is 19.3 Å². The van der Waals surface area contributed by atoms with Crippen molar-refractivity contribution in [3.05, 3.63) is 44.3 Å². The highest BCUT2D eigenvalue weighted by Gasteiger charge is 2.16. The van der Waals surface area contributed by atoms with Crippen molar-refractivity contribution in [1.82, 2.24) is 14.4 Å². The number of carbonyl (C=O) groups excluding carboxylic acids is 1. The van der Waals surface area contributed by atoms with E-state index in [0.29, 0.717) is 10.1 Å². The summed E-state index contributed by atoms with van der Waals surface area (Å²) >= 11 is 2.68. The molecule has 0 fully saturated rings. The van der Waals surface area contributed by atoms with Gasteiger partial charge in [-0.1, -0.05) is 0 Å². The van der Waals surface area contributed by atoms with Gasteiger partial charge < -0.3 is 0 Å². The van der Waals surface area contributed by atoms with Crippen LogP contribution in [-0.4, -0.2) is 20.3 Å². The fourth-order valence-corrected chi connectivity index (χ4v) is 3.27. The van der Waals surface area contributed by atoms with Crippen LogP contribution in [0.25, 0.3) is 4.96 Å². The summed E-state index contributed by atoms with van der Waals surface area (Å²) in [5, 5.41) is 6.74. The van der Waals surface area contributed by atoms with E-state index in [0.717, 1.165) is 11.4 Å². The zero-order chi connectivity index (χ0) is 14.3. The van der Waals surface area contributed by atoms with E-state index in [2.05, 4.69) is 15.3 Å². The summed E-state index contributed by atoms with van der Waals surface area (Å²) in [5.41, 5.74) is 1.24. The fraction of sp³-hybridized carbons (Fsp3) is 0.167. The molecule has 8 heteroatoms. The Morgan fingerprint density at radius 1 is 1.30 bits per heavy atom. The minimum Gasteiger partial charge on any atom is -0.298 e. The number of amides is 1. The molecular formula is C12H10N4O2S2. The average Bonchev–Trinajstić information content (AvgIpc) is 2.97. The smallest absolute Gasteiger partial charge is 0.271 e. The highest BCUT2D eigenvalue weighted by atomic mass is 32.1. The zero-order valence-corrected chi connectivity index (χ0v) is 12.3. The Labute approximate surface area is 121 Å². The average molecular weight is 306 g/mol. The van der Waals surface area contributed by atoms with Gasteiger partial charge in [0, 0.05) is 22.7 Å². The predicted molar refractivity (Wildman–Crippen MR) is 78.9 cm³/mol. The maximum atomic E-state index is 12.3. The molecule has 0 atom stereocenters. The molecule has 0 aliphatic rings. The number of aryl methyl sites for hydroxylation is 2. The maximum Gasteiger partial charge on any atom is 0.271 e. The number of anilines is 1. The lowest BCUT2D eigenvalue weighted by atomic mass is 10.3. The molecule has 0 spiro atoms. The summed E-state index contributed by atoms with van der Waals surface area (Å²) in [7, 11) is 0. The first-order chi connectivity index (χ1) is 9.56. The predicted octanol–water partition coefficient (Wildman–Crippen LogP) is 2.08. The lowest BCUT2D eigenvalue weighted by Gasteiger charge is -2.02. The van der Waals surface area contributed by atoms with Crippen molar-refractivity contribution in [1.29, 1.82) is 0 Å². The molecule has 1 N–H and O–H groups in total. The molecule has 0 aliphatic carbocycles. The van der Waals surface area contributed by atoms with Crippen LogP contribution in [0.1, 0.15) is 21.7 Å². The number of hydrogen-bond acceptors (Lipinski definition) is 6. The van der Waals surface area contributed by atoms with E-state index < -0.39 is 5.91 Å². The second kappa shape index (κ2) is 4.80. The summed E-state index contributed by atoms with van der Waals surface area (Å²) in [5.74, 6) is -0.489. The molecule has 0 aliphatic heterocycles. The molecule has 1 amide bonds. The molecule has 0 unspecified atom stereocenters. The third-order valence-electron chi connectivity index (χ3n) is 2.70. The molecule has 3 rings (SSSR count). The topological polar surface area (TPSA) is 76.4 Å². The van der Waals surface area contributed by atoms with Gasteiger partial charge in [0.2, 0.25) is 0 Å². The van der Waals surface area contributed by atoms with Gasteiger partial charge in [0.15, 0.2) is 10.1 Å². The molecule has 6 nitrogen and oxygen atoms in total. The van der Waals surface area contributed by atoms with E-state index in [1.807, 2.05) is 17.7 Å². The van der Waals surface area contributed by atoms with Gasteiger partial charge in [-0.05, 0) is 13.8 Å². The molecule has 3 aromatic rings. The molecule has 3 heterocycles. The van der Waals surface area contributed by atoms with Crippen molar-refractivity contribution < 1.29 is 4.79 Å². The van der Waals surface area contributed by atoms with Crippen LogP contribution in [-0.2, 0) is 0 Å². The van der Waals surface area contributed by atoms with E-state index >= 15 is 0 Å². The summed E-state index contributed by atoms with van der Waals surface area (Å²) in [4.78, 5) is 33.3. The van der Waals surface area contributed by atoms with Crippen LogP contribution in [0.4, 0.5) is 5.13 Å². The number of nitrogens with zero attached hydrogens (tertiary/aromatic N) is 3. The Morgan fingerprint density at radius 3 is 2.80 bits per heavy atom. The maximum absolute atomic E-state index is 12.3. The van der Waals surface area contributed by atoms with Crippen LogP contribution in [0, 0.1) is 13.8 Å². The monoisotopic (exact) mass is 306 g/mol. The first-order valence-electron chi connectivity index (χ1n) is 5.75. The Balaban J connectivity index is 2.01. The summed E-state index contributed by atoms with van der Waals surface area (Å²) in [6.07, 6.45) is 1.31. The van der Waals surface area contributed by atoms with E-state index in [1.54, 1.807) is 6.92 Å². The van der Waals surface area contributed by atoms with E-state index in [9.17, 15) is 9.59 Å². The Kier molecular flexibility index (Phi) is 3.11. The number of nitrogens with one attached hydrogen (secondary N) is 1. The van der Waals surface area contributed by atoms with Crippen LogP contribution in [0.3, 0.4) is 0 Å². The van der Waals surface area contributed by atoms with Gasteiger partial charge in [0.1, 0.15) is 5.56 Å². The van der Waals surface area contributed by atoms with Crippen molar-refractivity contribution >= 4 is 38.7 Å². The fourth-order valence-electron chi connectivity index (χ4n) is 1.76. The SMILES string of the molecule is Cc1csc(NC(=O)c2cnc3scc(C)n3c2=O)n1. The largest absolute Gasteiger partial charge is 0.298 e. The molecule has 0 radical (unpaired) electrons. The Morgan fingerprint density at radius 2 is 2.10 bits per heavy atom. The molecule has 0 saturated carbocycles. The standard InChI is InChI=1S/C12H10N4O2S2/c1-6-4-19-11(14-6)15-9(17)8-3-13-12-16(10(8)18)7(2)5-20-12/h3-5H,1-2H3,(H,14,15,17). The van der Waals surface area contributed by atoms with Crippen LogP contribution < -0.4 is 10.9 Å². The Hall–Kier alpha value is -2.06. The van der Waals surface area contributed by atoms with Crippen LogP contribution in [0.5, 0.6) is 0 Å². The number of fused-ring (bicyclic) bond motifs is 1. The minimum atomic E-state index is -0.489. The van der Waals surface area contributed by atoms with Crippen molar-refractivity contribution in [3.63, 3.8) is 0 Å². The molecule has 3 aromatic heterocycles. The molecule has 0 aromatic carbocycles. The molecule has 20 heavy (non-hydrogen) atoms. The lowest BCUT2D eigenvalue weighted by Crippen LogP contribution is -2.26. The number of hydrogen-bond donors (Lipinski definition) is 1. The van der Waals surface area contributed by atoms with Gasteiger partial charge in [-0.2, -0.15) is 0 Å². The number of carbonyl (C=O) groups is 1. The van der Waals surface area contributed by atoms with Crippen LogP contribution in [0.15, 0.2) is 21.8 Å². The molecule has 102 valence electrons. The summed E-state index contributed by atoms with van der Waals surface area (Å²) in [6, 6.07) is 0. The zero-order valence-electron chi connectivity index (χ0n) is 10.7. The van der Waals surface area contributed by atoms with Crippen molar-refractivity contribution in [2.75, 3.05) is 5.32 Å².